The molecule has 3 aromatic rings. The number of amides is 1. The van der Waals surface area contributed by atoms with Crippen molar-refractivity contribution in [2.75, 3.05) is 26.4 Å². The second kappa shape index (κ2) is 9.65. The minimum Gasteiger partial charge on any atom is -0.354 e. The Morgan fingerprint density at radius 2 is 1.84 bits per heavy atom. The van der Waals surface area contributed by atoms with Crippen molar-refractivity contribution in [1.82, 2.24) is 25.0 Å². The molecule has 1 aliphatic carbocycles. The van der Waals surface area contributed by atoms with E-state index in [0.717, 1.165) is 24.4 Å². The number of carbonyl (C=O) groups is 1. The Hall–Kier alpha value is -2.35. The zero-order valence-electron chi connectivity index (χ0n) is 18.6. The molecule has 32 heavy (non-hydrogen) atoms. The maximum Gasteiger partial charge on any atom is 0.230 e. The molecular formula is C24H28ClN5OS. The van der Waals surface area contributed by atoms with Crippen LogP contribution in [0.5, 0.6) is 0 Å². The Morgan fingerprint density at radius 1 is 1.16 bits per heavy atom. The summed E-state index contributed by atoms with van der Waals surface area (Å²) in [6, 6.07) is 18.1. The van der Waals surface area contributed by atoms with E-state index < -0.39 is 0 Å². The fourth-order valence-corrected chi connectivity index (χ4v) is 4.58. The molecule has 1 unspecified atom stereocenters. The van der Waals surface area contributed by atoms with Crippen LogP contribution < -0.4 is 5.32 Å². The second-order valence-electron chi connectivity index (χ2n) is 8.50. The van der Waals surface area contributed by atoms with E-state index in [2.05, 4.69) is 51.6 Å². The molecule has 168 valence electrons. The van der Waals surface area contributed by atoms with Crippen LogP contribution in [0.2, 0.25) is 5.02 Å². The summed E-state index contributed by atoms with van der Waals surface area (Å²) in [5.74, 6) is 1.11. The van der Waals surface area contributed by atoms with Crippen molar-refractivity contribution in [3.63, 3.8) is 0 Å². The fraction of sp³-hybridized carbons (Fsp3) is 0.375. The zero-order valence-corrected chi connectivity index (χ0v) is 20.2. The predicted octanol–water partition coefficient (Wildman–Crippen LogP) is 4.48. The van der Waals surface area contributed by atoms with Gasteiger partial charge in [0, 0.05) is 22.7 Å². The quantitative estimate of drug-likeness (QED) is 0.468. The topological polar surface area (TPSA) is 63.1 Å². The van der Waals surface area contributed by atoms with Gasteiger partial charge < -0.3 is 5.32 Å². The molecule has 0 spiro atoms. The molecule has 1 aromatic heterocycles. The van der Waals surface area contributed by atoms with Crippen LogP contribution >= 0.6 is 23.4 Å². The van der Waals surface area contributed by atoms with Crippen molar-refractivity contribution in [3.05, 3.63) is 71.0 Å². The Kier molecular flexibility index (Phi) is 6.88. The summed E-state index contributed by atoms with van der Waals surface area (Å²) in [7, 11) is 4.01. The minimum absolute atomic E-state index is 0.00469. The number of aromatic nitrogens is 3. The number of hydrogen-bond acceptors (Lipinski definition) is 5. The molecule has 1 aliphatic rings. The molecule has 0 saturated heterocycles. The highest BCUT2D eigenvalue weighted by atomic mass is 35.5. The summed E-state index contributed by atoms with van der Waals surface area (Å²) < 4.78 is 2.01. The largest absolute Gasteiger partial charge is 0.354 e. The number of halogens is 1. The second-order valence-corrected chi connectivity index (χ2v) is 9.88. The Bertz CT molecular complexity index is 1060. The highest BCUT2D eigenvalue weighted by Gasteiger charge is 2.44. The fourth-order valence-electron chi connectivity index (χ4n) is 3.67. The van der Waals surface area contributed by atoms with Gasteiger partial charge in [-0.25, -0.2) is 0 Å². The van der Waals surface area contributed by atoms with Crippen LogP contribution in [0.25, 0.3) is 5.69 Å². The van der Waals surface area contributed by atoms with E-state index >= 15 is 0 Å². The molecule has 1 amide bonds. The molecular weight excluding hydrogens is 442 g/mol. The normalized spacial score (nSPS) is 15.5. The van der Waals surface area contributed by atoms with E-state index in [9.17, 15) is 4.79 Å². The number of thioether (sulfide) groups is 1. The summed E-state index contributed by atoms with van der Waals surface area (Å²) in [6.07, 6.45) is 2.22. The standard InChI is InChI=1S/C24H28ClN5OS/c1-17(29(2)3)22-27-28-23(30(22)20-11-9-19(25)10-12-20)32-15-21(31)26-16-24(13-14-24)18-7-5-4-6-8-18/h4-12,17H,13-16H2,1-3H3,(H,26,31). The van der Waals surface area contributed by atoms with E-state index in [-0.39, 0.29) is 23.1 Å². The summed E-state index contributed by atoms with van der Waals surface area (Å²) in [4.78, 5) is 14.7. The predicted molar refractivity (Wildman–Crippen MR) is 130 cm³/mol. The smallest absolute Gasteiger partial charge is 0.230 e. The minimum atomic E-state index is 0.00469. The summed E-state index contributed by atoms with van der Waals surface area (Å²) in [5.41, 5.74) is 2.32. The highest BCUT2D eigenvalue weighted by Crippen LogP contribution is 2.47. The molecule has 0 bridgehead atoms. The van der Waals surface area contributed by atoms with Gasteiger partial charge in [-0.3, -0.25) is 14.3 Å². The SMILES string of the molecule is CC(c1nnc(SCC(=O)NCC2(c3ccccc3)CC2)n1-c1ccc(Cl)cc1)N(C)C. The molecule has 1 atom stereocenters. The lowest BCUT2D eigenvalue weighted by atomic mass is 9.96. The van der Waals surface area contributed by atoms with Crippen molar-refractivity contribution < 1.29 is 4.79 Å². The van der Waals surface area contributed by atoms with Crippen molar-refractivity contribution in [2.45, 2.75) is 36.4 Å². The van der Waals surface area contributed by atoms with Crippen molar-refractivity contribution in [3.8, 4) is 5.69 Å². The first-order chi connectivity index (χ1) is 15.4. The average Bonchev–Trinajstić information content (AvgIpc) is 3.49. The van der Waals surface area contributed by atoms with Gasteiger partial charge in [0.25, 0.3) is 0 Å². The first-order valence-electron chi connectivity index (χ1n) is 10.7. The van der Waals surface area contributed by atoms with Crippen LogP contribution in [-0.2, 0) is 10.2 Å². The van der Waals surface area contributed by atoms with E-state index in [1.165, 1.54) is 17.3 Å². The number of nitrogens with one attached hydrogen (secondary N) is 1. The van der Waals surface area contributed by atoms with Crippen LogP contribution in [0.4, 0.5) is 0 Å². The molecule has 1 saturated carbocycles. The van der Waals surface area contributed by atoms with Gasteiger partial charge in [0.05, 0.1) is 11.8 Å². The van der Waals surface area contributed by atoms with Crippen LogP contribution in [-0.4, -0.2) is 52.0 Å². The van der Waals surface area contributed by atoms with Crippen LogP contribution in [0, 0.1) is 0 Å². The van der Waals surface area contributed by atoms with Gasteiger partial charge >= 0.3 is 0 Å². The van der Waals surface area contributed by atoms with Gasteiger partial charge in [-0.15, -0.1) is 10.2 Å². The number of nitrogens with zero attached hydrogens (tertiary/aromatic N) is 4. The van der Waals surface area contributed by atoms with Gasteiger partial charge in [0.15, 0.2) is 11.0 Å². The molecule has 0 radical (unpaired) electrons. The lowest BCUT2D eigenvalue weighted by Gasteiger charge is -2.20. The van der Waals surface area contributed by atoms with Crippen molar-refractivity contribution >= 4 is 29.3 Å². The number of carbonyl (C=O) groups excluding carboxylic acids is 1. The molecule has 6 nitrogen and oxygen atoms in total. The molecule has 1 N–H and O–H groups in total. The van der Waals surface area contributed by atoms with E-state index in [4.69, 9.17) is 11.6 Å². The monoisotopic (exact) mass is 469 g/mol. The molecule has 1 fully saturated rings. The third-order valence-corrected chi connectivity index (χ3v) is 7.27. The number of benzene rings is 2. The zero-order chi connectivity index (χ0) is 22.7. The molecule has 1 heterocycles. The Labute approximate surface area is 198 Å². The molecule has 0 aliphatic heterocycles. The van der Waals surface area contributed by atoms with Gasteiger partial charge in [-0.1, -0.05) is 53.7 Å². The van der Waals surface area contributed by atoms with E-state index in [1.807, 2.05) is 49.0 Å². The first kappa shape index (κ1) is 22.8. The van der Waals surface area contributed by atoms with E-state index in [0.29, 0.717) is 16.7 Å². The summed E-state index contributed by atoms with van der Waals surface area (Å²) in [5, 5.41) is 13.3. The van der Waals surface area contributed by atoms with E-state index in [1.54, 1.807) is 0 Å². The number of hydrogen-bond donors (Lipinski definition) is 1. The number of rotatable bonds is 9. The third kappa shape index (κ3) is 5.00. The first-order valence-corrected chi connectivity index (χ1v) is 12.1. The molecule has 8 heteroatoms. The lowest BCUT2D eigenvalue weighted by molar-refractivity contribution is -0.118. The Morgan fingerprint density at radius 3 is 2.47 bits per heavy atom. The van der Waals surface area contributed by atoms with Gasteiger partial charge in [0.1, 0.15) is 0 Å². The third-order valence-electron chi connectivity index (χ3n) is 6.09. The van der Waals surface area contributed by atoms with Gasteiger partial charge in [-0.05, 0) is 63.7 Å². The van der Waals surface area contributed by atoms with Crippen LogP contribution in [0.15, 0.2) is 59.8 Å². The average molecular weight is 470 g/mol. The van der Waals surface area contributed by atoms with Crippen molar-refractivity contribution in [2.24, 2.45) is 0 Å². The highest BCUT2D eigenvalue weighted by molar-refractivity contribution is 7.99. The molecule has 4 rings (SSSR count). The van der Waals surface area contributed by atoms with Crippen LogP contribution in [0.3, 0.4) is 0 Å². The summed E-state index contributed by atoms with van der Waals surface area (Å²) in [6.45, 7) is 2.75. The van der Waals surface area contributed by atoms with Crippen molar-refractivity contribution in [1.29, 1.82) is 0 Å². The van der Waals surface area contributed by atoms with Gasteiger partial charge in [0.2, 0.25) is 5.91 Å². The maximum absolute atomic E-state index is 12.6. The van der Waals surface area contributed by atoms with Gasteiger partial charge in [-0.2, -0.15) is 0 Å². The molecule has 2 aromatic carbocycles. The Balaban J connectivity index is 1.45. The lowest BCUT2D eigenvalue weighted by Crippen LogP contribution is -2.33. The summed E-state index contributed by atoms with van der Waals surface area (Å²) >= 11 is 7.48. The van der Waals surface area contributed by atoms with Crippen LogP contribution in [0.1, 0.15) is 37.2 Å². The maximum atomic E-state index is 12.6.